The number of nitrogens with one attached hydrogen (secondary N) is 1. The zero-order valence-corrected chi connectivity index (χ0v) is 10.4. The molecule has 1 aromatic carbocycles. The second kappa shape index (κ2) is 6.42. The molecular formula is C12H16F3N3O. The van der Waals surface area contributed by atoms with Crippen LogP contribution in [0.2, 0.25) is 0 Å². The normalized spacial score (nSPS) is 16.1. The maximum atomic E-state index is 12.7. The minimum atomic E-state index is -4.56. The smallest absolute Gasteiger partial charge is 0.400 e. The van der Waals surface area contributed by atoms with E-state index in [0.29, 0.717) is 0 Å². The van der Waals surface area contributed by atoms with Crippen LogP contribution in [0, 0.1) is 5.92 Å². The number of hydrogen-bond donors (Lipinski definition) is 3. The van der Waals surface area contributed by atoms with Crippen molar-refractivity contribution in [3.63, 3.8) is 0 Å². The first-order chi connectivity index (χ1) is 8.86. The molecule has 1 unspecified atom stereocenters. The topological polar surface area (TPSA) is 70.6 Å². The average molecular weight is 275 g/mol. The van der Waals surface area contributed by atoms with Gasteiger partial charge in [0.25, 0.3) is 0 Å². The number of halogens is 3. The number of nitrogens with zero attached hydrogens (tertiary/aromatic N) is 1. The Morgan fingerprint density at radius 3 is 2.42 bits per heavy atom. The highest BCUT2D eigenvalue weighted by molar-refractivity contribution is 5.83. The summed E-state index contributed by atoms with van der Waals surface area (Å²) in [6.45, 7) is 1.30. The third kappa shape index (κ3) is 4.44. The summed E-state index contributed by atoms with van der Waals surface area (Å²) in [4.78, 5) is 0. The van der Waals surface area contributed by atoms with Crippen molar-refractivity contribution in [1.82, 2.24) is 5.32 Å². The Morgan fingerprint density at radius 2 is 1.95 bits per heavy atom. The van der Waals surface area contributed by atoms with Crippen LogP contribution in [0.5, 0.6) is 0 Å². The highest BCUT2D eigenvalue weighted by atomic mass is 19.4. The van der Waals surface area contributed by atoms with Crippen LogP contribution in [0.1, 0.15) is 18.5 Å². The molecule has 0 aromatic heterocycles. The van der Waals surface area contributed by atoms with Gasteiger partial charge in [-0.15, -0.1) is 0 Å². The van der Waals surface area contributed by atoms with E-state index in [2.05, 4.69) is 10.5 Å². The molecule has 1 rings (SSSR count). The standard InChI is InChI=1S/C12H16F3N3O/c1-8(9-5-3-2-4-6-9)17-7-10(11(16)18-19)12(13,14)15/h2-6,8,10,17,19H,7H2,1H3,(H2,16,18)/t8-,10?/m1/s1. The van der Waals surface area contributed by atoms with E-state index < -0.39 is 24.5 Å². The zero-order chi connectivity index (χ0) is 14.5. The molecule has 0 heterocycles. The molecule has 1 aromatic rings. The Kier molecular flexibility index (Phi) is 5.17. The largest absolute Gasteiger partial charge is 0.409 e. The van der Waals surface area contributed by atoms with Crippen molar-refractivity contribution in [2.24, 2.45) is 16.8 Å². The molecule has 0 radical (unpaired) electrons. The first-order valence-electron chi connectivity index (χ1n) is 5.68. The molecule has 0 spiro atoms. The molecule has 2 atom stereocenters. The van der Waals surface area contributed by atoms with Gasteiger partial charge in [0.2, 0.25) is 0 Å². The molecule has 4 N–H and O–H groups in total. The van der Waals surface area contributed by atoms with Gasteiger partial charge in [-0.05, 0) is 12.5 Å². The number of amidine groups is 1. The number of nitrogens with two attached hydrogens (primary N) is 1. The van der Waals surface area contributed by atoms with Gasteiger partial charge in [-0.3, -0.25) is 0 Å². The highest BCUT2D eigenvalue weighted by Gasteiger charge is 2.42. The Balaban J connectivity index is 2.68. The van der Waals surface area contributed by atoms with E-state index in [1.54, 1.807) is 19.1 Å². The number of alkyl halides is 3. The second-order valence-corrected chi connectivity index (χ2v) is 4.16. The van der Waals surface area contributed by atoms with Gasteiger partial charge in [0.15, 0.2) is 5.84 Å². The second-order valence-electron chi connectivity index (χ2n) is 4.16. The quantitative estimate of drug-likeness (QED) is 0.334. The summed E-state index contributed by atoms with van der Waals surface area (Å²) in [5.74, 6) is -2.86. The van der Waals surface area contributed by atoms with Crippen LogP contribution in [-0.2, 0) is 0 Å². The maximum absolute atomic E-state index is 12.7. The van der Waals surface area contributed by atoms with E-state index in [4.69, 9.17) is 10.9 Å². The van der Waals surface area contributed by atoms with Gasteiger partial charge >= 0.3 is 6.18 Å². The lowest BCUT2D eigenvalue weighted by Crippen LogP contribution is -2.43. The fourth-order valence-corrected chi connectivity index (χ4v) is 1.61. The predicted octanol–water partition coefficient (Wildman–Crippen LogP) is 2.26. The molecule has 0 amide bonds. The molecule has 19 heavy (non-hydrogen) atoms. The third-order valence-corrected chi connectivity index (χ3v) is 2.80. The van der Waals surface area contributed by atoms with E-state index in [9.17, 15) is 13.2 Å². The molecule has 0 aliphatic carbocycles. The zero-order valence-electron chi connectivity index (χ0n) is 10.4. The van der Waals surface area contributed by atoms with Crippen LogP contribution in [0.15, 0.2) is 35.5 Å². The SMILES string of the molecule is C[C@@H](NCC(/C(N)=N/O)C(F)(F)F)c1ccccc1. The summed E-state index contributed by atoms with van der Waals surface area (Å²) in [6, 6.07) is 8.78. The summed E-state index contributed by atoms with van der Waals surface area (Å²) in [6.07, 6.45) is -4.56. The Labute approximate surface area is 109 Å². The van der Waals surface area contributed by atoms with Crippen molar-refractivity contribution >= 4 is 5.84 Å². The Morgan fingerprint density at radius 1 is 1.37 bits per heavy atom. The lowest BCUT2D eigenvalue weighted by molar-refractivity contribution is -0.155. The van der Waals surface area contributed by atoms with Crippen LogP contribution >= 0.6 is 0 Å². The molecule has 106 valence electrons. The van der Waals surface area contributed by atoms with E-state index >= 15 is 0 Å². The average Bonchev–Trinajstić information content (AvgIpc) is 2.37. The van der Waals surface area contributed by atoms with Crippen molar-refractivity contribution in [2.75, 3.05) is 6.54 Å². The number of benzene rings is 1. The van der Waals surface area contributed by atoms with Crippen LogP contribution < -0.4 is 11.1 Å². The molecular weight excluding hydrogens is 259 g/mol. The summed E-state index contributed by atoms with van der Waals surface area (Å²) in [5.41, 5.74) is 5.93. The van der Waals surface area contributed by atoms with Gasteiger partial charge in [-0.25, -0.2) is 0 Å². The molecule has 0 fully saturated rings. The van der Waals surface area contributed by atoms with Crippen molar-refractivity contribution in [2.45, 2.75) is 19.1 Å². The monoisotopic (exact) mass is 275 g/mol. The Hall–Kier alpha value is -1.76. The van der Waals surface area contributed by atoms with Gasteiger partial charge in [0.05, 0.1) is 0 Å². The summed E-state index contributed by atoms with van der Waals surface area (Å²) in [5, 5.41) is 13.6. The molecule has 7 heteroatoms. The fraction of sp³-hybridized carbons (Fsp3) is 0.417. The van der Waals surface area contributed by atoms with Crippen molar-refractivity contribution in [3.8, 4) is 0 Å². The molecule has 4 nitrogen and oxygen atoms in total. The minimum absolute atomic E-state index is 0.266. The van der Waals surface area contributed by atoms with Crippen LogP contribution in [0.25, 0.3) is 0 Å². The number of hydrogen-bond acceptors (Lipinski definition) is 3. The van der Waals surface area contributed by atoms with E-state index in [1.807, 2.05) is 18.2 Å². The molecule has 0 saturated heterocycles. The summed E-state index contributed by atoms with van der Waals surface area (Å²) < 4.78 is 38.1. The van der Waals surface area contributed by atoms with Gasteiger partial charge in [0, 0.05) is 12.6 Å². The minimum Gasteiger partial charge on any atom is -0.409 e. The third-order valence-electron chi connectivity index (χ3n) is 2.80. The lowest BCUT2D eigenvalue weighted by Gasteiger charge is -2.22. The van der Waals surface area contributed by atoms with E-state index in [1.165, 1.54) is 0 Å². The molecule has 0 bridgehead atoms. The first kappa shape index (κ1) is 15.3. The summed E-state index contributed by atoms with van der Waals surface area (Å²) in [7, 11) is 0. The fourth-order valence-electron chi connectivity index (χ4n) is 1.61. The van der Waals surface area contributed by atoms with Crippen LogP contribution in [0.4, 0.5) is 13.2 Å². The van der Waals surface area contributed by atoms with E-state index in [0.717, 1.165) is 5.56 Å². The summed E-state index contributed by atoms with van der Waals surface area (Å²) >= 11 is 0. The number of rotatable bonds is 5. The van der Waals surface area contributed by atoms with Crippen LogP contribution in [-0.4, -0.2) is 23.8 Å². The number of oxime groups is 1. The Bertz CT molecular complexity index is 420. The van der Waals surface area contributed by atoms with Crippen molar-refractivity contribution in [3.05, 3.63) is 35.9 Å². The van der Waals surface area contributed by atoms with Gasteiger partial charge in [0.1, 0.15) is 5.92 Å². The molecule has 0 aliphatic heterocycles. The van der Waals surface area contributed by atoms with Gasteiger partial charge < -0.3 is 16.3 Å². The molecule has 0 aliphatic rings. The van der Waals surface area contributed by atoms with Crippen LogP contribution in [0.3, 0.4) is 0 Å². The highest BCUT2D eigenvalue weighted by Crippen LogP contribution is 2.26. The van der Waals surface area contributed by atoms with Gasteiger partial charge in [-0.2, -0.15) is 13.2 Å². The predicted molar refractivity (Wildman–Crippen MR) is 65.8 cm³/mol. The lowest BCUT2D eigenvalue weighted by atomic mass is 10.1. The molecule has 0 saturated carbocycles. The maximum Gasteiger partial charge on any atom is 0.400 e. The van der Waals surface area contributed by atoms with Crippen molar-refractivity contribution in [1.29, 1.82) is 0 Å². The van der Waals surface area contributed by atoms with Gasteiger partial charge in [-0.1, -0.05) is 35.5 Å². The van der Waals surface area contributed by atoms with Crippen molar-refractivity contribution < 1.29 is 18.4 Å². The van der Waals surface area contributed by atoms with E-state index in [-0.39, 0.29) is 6.04 Å². The first-order valence-corrected chi connectivity index (χ1v) is 5.68.